The topological polar surface area (TPSA) is 74.8 Å². The van der Waals surface area contributed by atoms with Crippen molar-refractivity contribution in [3.05, 3.63) is 48.0 Å². The van der Waals surface area contributed by atoms with Crippen LogP contribution in [0.1, 0.15) is 5.56 Å². The molecule has 1 heterocycles. The number of nitrogens with one attached hydrogen (secondary N) is 1. The number of hydrogen-bond acceptors (Lipinski definition) is 3. The number of nitrogen functional groups attached to an aromatic ring is 1. The lowest BCUT2D eigenvalue weighted by atomic mass is 10.0. The quantitative estimate of drug-likeness (QED) is 0.696. The van der Waals surface area contributed by atoms with Crippen molar-refractivity contribution < 1.29 is 4.74 Å². The Morgan fingerprint density at radius 3 is 2.70 bits per heavy atom. The van der Waals surface area contributed by atoms with Crippen LogP contribution >= 0.6 is 0 Å². The molecular formula is C16H13N3O. The molecule has 0 bridgehead atoms. The Bertz CT molecular complexity index is 827. The van der Waals surface area contributed by atoms with Crippen LogP contribution in [0.15, 0.2) is 42.5 Å². The summed E-state index contributed by atoms with van der Waals surface area (Å²) in [6, 6.07) is 15.3. The predicted molar refractivity (Wildman–Crippen MR) is 79.4 cm³/mol. The largest absolute Gasteiger partial charge is 0.497 e. The highest BCUT2D eigenvalue weighted by Crippen LogP contribution is 2.34. The molecular weight excluding hydrogens is 250 g/mol. The molecule has 3 aromatic rings. The molecule has 4 nitrogen and oxygen atoms in total. The molecule has 2 aromatic carbocycles. The summed E-state index contributed by atoms with van der Waals surface area (Å²) in [7, 11) is 1.62. The van der Waals surface area contributed by atoms with E-state index in [9.17, 15) is 5.26 Å². The van der Waals surface area contributed by atoms with E-state index in [-0.39, 0.29) is 0 Å². The molecule has 0 saturated carbocycles. The molecule has 3 rings (SSSR count). The Morgan fingerprint density at radius 1 is 1.20 bits per heavy atom. The van der Waals surface area contributed by atoms with Crippen molar-refractivity contribution >= 4 is 16.6 Å². The lowest BCUT2D eigenvalue weighted by Gasteiger charge is -2.03. The number of anilines is 1. The molecule has 0 aliphatic carbocycles. The van der Waals surface area contributed by atoms with Crippen molar-refractivity contribution in [3.63, 3.8) is 0 Å². The number of aromatic nitrogens is 1. The SMILES string of the molecule is COc1ccc2c(C#N)c(-c3ccccc3N)[nH]c2c1. The molecule has 0 unspecified atom stereocenters. The van der Waals surface area contributed by atoms with E-state index in [4.69, 9.17) is 10.5 Å². The highest BCUT2D eigenvalue weighted by molar-refractivity contribution is 5.96. The zero-order valence-electron chi connectivity index (χ0n) is 11.0. The number of nitriles is 1. The number of H-pyrrole nitrogens is 1. The summed E-state index contributed by atoms with van der Waals surface area (Å²) in [4.78, 5) is 3.26. The maximum Gasteiger partial charge on any atom is 0.120 e. The number of methoxy groups -OCH3 is 1. The zero-order chi connectivity index (χ0) is 14.1. The maximum atomic E-state index is 9.44. The standard InChI is InChI=1S/C16H13N3O/c1-20-10-6-7-11-13(9-17)16(19-15(11)8-10)12-4-2-3-5-14(12)18/h2-8,19H,18H2,1H3. The third-order valence-electron chi connectivity index (χ3n) is 3.35. The third-order valence-corrected chi connectivity index (χ3v) is 3.35. The van der Waals surface area contributed by atoms with Crippen LogP contribution in [0.25, 0.3) is 22.2 Å². The summed E-state index contributed by atoms with van der Waals surface area (Å²) >= 11 is 0. The molecule has 98 valence electrons. The summed E-state index contributed by atoms with van der Waals surface area (Å²) in [5, 5.41) is 10.3. The van der Waals surface area contributed by atoms with Crippen LogP contribution in [0, 0.1) is 11.3 Å². The second kappa shape index (κ2) is 4.63. The molecule has 0 aliphatic heterocycles. The van der Waals surface area contributed by atoms with Gasteiger partial charge in [-0.3, -0.25) is 0 Å². The summed E-state index contributed by atoms with van der Waals surface area (Å²) in [6.07, 6.45) is 0. The van der Waals surface area contributed by atoms with E-state index in [0.29, 0.717) is 11.3 Å². The Morgan fingerprint density at radius 2 is 2.00 bits per heavy atom. The van der Waals surface area contributed by atoms with Gasteiger partial charge >= 0.3 is 0 Å². The minimum Gasteiger partial charge on any atom is -0.497 e. The van der Waals surface area contributed by atoms with E-state index in [1.54, 1.807) is 7.11 Å². The van der Waals surface area contributed by atoms with Crippen molar-refractivity contribution in [2.24, 2.45) is 0 Å². The van der Waals surface area contributed by atoms with Gasteiger partial charge in [0.2, 0.25) is 0 Å². The van der Waals surface area contributed by atoms with Crippen LogP contribution in [0.5, 0.6) is 5.75 Å². The van der Waals surface area contributed by atoms with Crippen LogP contribution in [-0.4, -0.2) is 12.1 Å². The highest BCUT2D eigenvalue weighted by atomic mass is 16.5. The molecule has 3 N–H and O–H groups in total. The second-order valence-corrected chi connectivity index (χ2v) is 4.49. The number of para-hydroxylation sites is 1. The molecule has 20 heavy (non-hydrogen) atoms. The van der Waals surface area contributed by atoms with Gasteiger partial charge in [0.05, 0.1) is 23.9 Å². The predicted octanol–water partition coefficient (Wildman–Crippen LogP) is 3.30. The van der Waals surface area contributed by atoms with Crippen molar-refractivity contribution in [1.29, 1.82) is 5.26 Å². The van der Waals surface area contributed by atoms with E-state index in [0.717, 1.165) is 27.9 Å². The smallest absolute Gasteiger partial charge is 0.120 e. The first kappa shape index (κ1) is 12.1. The average Bonchev–Trinajstić information content (AvgIpc) is 2.84. The van der Waals surface area contributed by atoms with E-state index < -0.39 is 0 Å². The van der Waals surface area contributed by atoms with Crippen LogP contribution < -0.4 is 10.5 Å². The minimum atomic E-state index is 0.598. The fraction of sp³-hybridized carbons (Fsp3) is 0.0625. The summed E-state index contributed by atoms with van der Waals surface area (Å²) < 4.78 is 5.21. The number of rotatable bonds is 2. The van der Waals surface area contributed by atoms with Crippen molar-refractivity contribution in [1.82, 2.24) is 4.98 Å². The van der Waals surface area contributed by atoms with Crippen LogP contribution in [0.4, 0.5) is 5.69 Å². The number of benzene rings is 2. The minimum absolute atomic E-state index is 0.598. The summed E-state index contributed by atoms with van der Waals surface area (Å²) in [5.41, 5.74) is 9.68. The van der Waals surface area contributed by atoms with Crippen molar-refractivity contribution in [2.75, 3.05) is 12.8 Å². The lowest BCUT2D eigenvalue weighted by molar-refractivity contribution is 0.415. The van der Waals surface area contributed by atoms with Gasteiger partial charge in [-0.05, 0) is 18.2 Å². The van der Waals surface area contributed by atoms with E-state index in [1.165, 1.54) is 0 Å². The maximum absolute atomic E-state index is 9.44. The van der Waals surface area contributed by atoms with Gasteiger partial charge in [0.1, 0.15) is 11.8 Å². The number of nitrogens with two attached hydrogens (primary N) is 1. The first-order chi connectivity index (χ1) is 9.74. The van der Waals surface area contributed by atoms with Gasteiger partial charge < -0.3 is 15.5 Å². The summed E-state index contributed by atoms with van der Waals surface area (Å²) in [5.74, 6) is 0.746. The zero-order valence-corrected chi connectivity index (χ0v) is 11.0. The second-order valence-electron chi connectivity index (χ2n) is 4.49. The lowest BCUT2D eigenvalue weighted by Crippen LogP contribution is -1.90. The van der Waals surface area contributed by atoms with Gasteiger partial charge in [-0.1, -0.05) is 18.2 Å². The van der Waals surface area contributed by atoms with Crippen molar-refractivity contribution in [2.45, 2.75) is 0 Å². The van der Waals surface area contributed by atoms with Gasteiger partial charge in [0.15, 0.2) is 0 Å². The molecule has 0 radical (unpaired) electrons. The fourth-order valence-electron chi connectivity index (χ4n) is 2.35. The number of nitrogens with zero attached hydrogens (tertiary/aromatic N) is 1. The van der Waals surface area contributed by atoms with Crippen LogP contribution in [0.2, 0.25) is 0 Å². The summed E-state index contributed by atoms with van der Waals surface area (Å²) in [6.45, 7) is 0. The Balaban J connectivity index is 2.32. The molecule has 0 saturated heterocycles. The van der Waals surface area contributed by atoms with Gasteiger partial charge in [-0.25, -0.2) is 0 Å². The van der Waals surface area contributed by atoms with E-state index >= 15 is 0 Å². The highest BCUT2D eigenvalue weighted by Gasteiger charge is 2.14. The van der Waals surface area contributed by atoms with Crippen molar-refractivity contribution in [3.8, 4) is 23.1 Å². The monoisotopic (exact) mass is 263 g/mol. The van der Waals surface area contributed by atoms with E-state index in [1.807, 2.05) is 42.5 Å². The third kappa shape index (κ3) is 1.77. The fourth-order valence-corrected chi connectivity index (χ4v) is 2.35. The normalized spacial score (nSPS) is 10.4. The Labute approximate surface area is 116 Å². The number of aromatic amines is 1. The van der Waals surface area contributed by atoms with Gasteiger partial charge in [0, 0.05) is 22.7 Å². The van der Waals surface area contributed by atoms with Gasteiger partial charge in [0.25, 0.3) is 0 Å². The van der Waals surface area contributed by atoms with Crippen LogP contribution in [0.3, 0.4) is 0 Å². The number of fused-ring (bicyclic) bond motifs is 1. The first-order valence-corrected chi connectivity index (χ1v) is 6.19. The molecule has 0 amide bonds. The van der Waals surface area contributed by atoms with Gasteiger partial charge in [-0.15, -0.1) is 0 Å². The van der Waals surface area contributed by atoms with E-state index in [2.05, 4.69) is 11.1 Å². The molecule has 1 aromatic heterocycles. The average molecular weight is 263 g/mol. The number of ether oxygens (including phenoxy) is 1. The molecule has 0 aliphatic rings. The molecule has 0 spiro atoms. The van der Waals surface area contributed by atoms with Gasteiger partial charge in [-0.2, -0.15) is 5.26 Å². The first-order valence-electron chi connectivity index (χ1n) is 6.19. The Hall–Kier alpha value is -2.93. The molecule has 0 fully saturated rings. The number of hydrogen-bond donors (Lipinski definition) is 2. The Kier molecular flexibility index (Phi) is 2.81. The molecule has 0 atom stereocenters. The van der Waals surface area contributed by atoms with Crippen LogP contribution in [-0.2, 0) is 0 Å². The molecule has 4 heteroatoms.